The van der Waals surface area contributed by atoms with Crippen LogP contribution in [0.3, 0.4) is 0 Å². The number of aryl methyl sites for hydroxylation is 1. The van der Waals surface area contributed by atoms with E-state index >= 15 is 0 Å². The van der Waals surface area contributed by atoms with Crippen LogP contribution in [0.1, 0.15) is 29.4 Å². The van der Waals surface area contributed by atoms with Gasteiger partial charge in [0.05, 0.1) is 6.54 Å². The number of nitrogens with zero attached hydrogens (tertiary/aromatic N) is 7. The third-order valence-corrected chi connectivity index (χ3v) is 6.45. The molecule has 1 fully saturated rings. The number of nitrogens with two attached hydrogens (primary N) is 1. The molecule has 162 valence electrons. The van der Waals surface area contributed by atoms with E-state index in [0.717, 1.165) is 49.0 Å². The molecule has 5 heterocycles. The van der Waals surface area contributed by atoms with Crippen molar-refractivity contribution in [1.29, 1.82) is 0 Å². The summed E-state index contributed by atoms with van der Waals surface area (Å²) >= 11 is 0. The summed E-state index contributed by atoms with van der Waals surface area (Å²) in [4.78, 5) is 30.5. The van der Waals surface area contributed by atoms with Gasteiger partial charge in [0.1, 0.15) is 23.8 Å². The molecule has 1 saturated heterocycles. The van der Waals surface area contributed by atoms with E-state index in [1.807, 2.05) is 41.6 Å². The average Bonchev–Trinajstić information content (AvgIpc) is 3.14. The first-order chi connectivity index (χ1) is 15.0. The molecule has 2 aliphatic rings. The van der Waals surface area contributed by atoms with Crippen LogP contribution in [0.5, 0.6) is 0 Å². The van der Waals surface area contributed by atoms with Crippen LogP contribution in [0, 0.1) is 5.92 Å². The zero-order valence-electron chi connectivity index (χ0n) is 18.0. The van der Waals surface area contributed by atoms with E-state index in [2.05, 4.69) is 30.8 Å². The van der Waals surface area contributed by atoms with Crippen LogP contribution in [0.25, 0.3) is 0 Å². The van der Waals surface area contributed by atoms with Crippen LogP contribution >= 0.6 is 0 Å². The first kappa shape index (κ1) is 19.7. The highest BCUT2D eigenvalue weighted by atomic mass is 16.1. The summed E-state index contributed by atoms with van der Waals surface area (Å²) in [7, 11) is 4.01. The maximum Gasteiger partial charge on any atom is 0.255 e. The molecule has 0 saturated carbocycles. The number of pyridine rings is 1. The molecule has 0 spiro atoms. The predicted molar refractivity (Wildman–Crippen MR) is 119 cm³/mol. The van der Waals surface area contributed by atoms with E-state index in [1.54, 1.807) is 6.20 Å². The molecule has 5 rings (SSSR count). The molecule has 0 unspecified atom stereocenters. The number of anilines is 2. The van der Waals surface area contributed by atoms with Crippen molar-refractivity contribution in [2.45, 2.75) is 32.0 Å². The molecular formula is C22H28N8O. The van der Waals surface area contributed by atoms with E-state index in [4.69, 9.17) is 5.73 Å². The molecule has 3 aromatic heterocycles. The van der Waals surface area contributed by atoms with Crippen LogP contribution in [-0.4, -0.2) is 49.1 Å². The fourth-order valence-electron chi connectivity index (χ4n) is 4.97. The second-order valence-corrected chi connectivity index (χ2v) is 8.83. The summed E-state index contributed by atoms with van der Waals surface area (Å²) in [6.45, 7) is 3.77. The number of aromatic nitrogens is 5. The molecule has 9 nitrogen and oxygen atoms in total. The SMILES string of the molecule is CN(Cc1ccc2n(c1=O)C[C@H]1C[C@@H]2CN(c2cc(N)ncn2)C1)Cc1nccn1C. The van der Waals surface area contributed by atoms with Crippen molar-refractivity contribution in [3.8, 4) is 0 Å². The maximum atomic E-state index is 13.3. The Kier molecular flexibility index (Phi) is 4.97. The summed E-state index contributed by atoms with van der Waals surface area (Å²) in [5.41, 5.74) is 7.95. The van der Waals surface area contributed by atoms with E-state index in [-0.39, 0.29) is 5.56 Å². The Hall–Kier alpha value is -3.20. The van der Waals surface area contributed by atoms with E-state index in [1.165, 1.54) is 6.33 Å². The van der Waals surface area contributed by atoms with Gasteiger partial charge in [-0.2, -0.15) is 0 Å². The number of fused-ring (bicyclic) bond motifs is 4. The molecular weight excluding hydrogens is 392 g/mol. The minimum absolute atomic E-state index is 0.138. The molecule has 0 amide bonds. The van der Waals surface area contributed by atoms with Gasteiger partial charge in [-0.25, -0.2) is 15.0 Å². The summed E-state index contributed by atoms with van der Waals surface area (Å²) in [5, 5.41) is 0. The van der Waals surface area contributed by atoms with Gasteiger partial charge in [-0.05, 0) is 25.5 Å². The first-order valence-corrected chi connectivity index (χ1v) is 10.7. The predicted octanol–water partition coefficient (Wildman–Crippen LogP) is 1.21. The van der Waals surface area contributed by atoms with Crippen molar-refractivity contribution >= 4 is 11.6 Å². The number of hydrogen-bond acceptors (Lipinski definition) is 7. The Morgan fingerprint density at radius 2 is 2.03 bits per heavy atom. The molecule has 0 aromatic carbocycles. The fourth-order valence-corrected chi connectivity index (χ4v) is 4.97. The van der Waals surface area contributed by atoms with Crippen LogP contribution in [0.15, 0.2) is 41.7 Å². The highest BCUT2D eigenvalue weighted by molar-refractivity contribution is 5.47. The van der Waals surface area contributed by atoms with Crippen molar-refractivity contribution in [1.82, 2.24) is 29.0 Å². The van der Waals surface area contributed by atoms with Crippen molar-refractivity contribution in [3.05, 3.63) is 64.4 Å². The number of rotatable bonds is 5. The molecule has 2 bridgehead atoms. The van der Waals surface area contributed by atoms with Gasteiger partial charge in [0.15, 0.2) is 0 Å². The van der Waals surface area contributed by atoms with Gasteiger partial charge in [-0.3, -0.25) is 9.69 Å². The van der Waals surface area contributed by atoms with Crippen LogP contribution < -0.4 is 16.2 Å². The second-order valence-electron chi connectivity index (χ2n) is 8.83. The Morgan fingerprint density at radius 3 is 2.81 bits per heavy atom. The third-order valence-electron chi connectivity index (χ3n) is 6.45. The number of imidazole rings is 1. The zero-order valence-corrected chi connectivity index (χ0v) is 18.0. The normalized spacial score (nSPS) is 20.2. The van der Waals surface area contributed by atoms with Crippen LogP contribution in [0.2, 0.25) is 0 Å². The number of hydrogen-bond donors (Lipinski definition) is 1. The van der Waals surface area contributed by atoms with Crippen molar-refractivity contribution in [2.75, 3.05) is 30.8 Å². The number of nitrogen functional groups attached to an aromatic ring is 1. The highest BCUT2D eigenvalue weighted by Crippen LogP contribution is 2.36. The van der Waals surface area contributed by atoms with E-state index in [9.17, 15) is 4.79 Å². The van der Waals surface area contributed by atoms with Crippen LogP contribution in [0.4, 0.5) is 11.6 Å². The minimum atomic E-state index is 0.138. The Labute approximate surface area is 181 Å². The Balaban J connectivity index is 1.36. The quantitative estimate of drug-likeness (QED) is 0.662. The second kappa shape index (κ2) is 7.81. The molecule has 31 heavy (non-hydrogen) atoms. The molecule has 3 aromatic rings. The summed E-state index contributed by atoms with van der Waals surface area (Å²) in [6, 6.07) is 5.98. The Bertz CT molecular complexity index is 1150. The van der Waals surface area contributed by atoms with Gasteiger partial charge < -0.3 is 19.8 Å². The monoisotopic (exact) mass is 420 g/mol. The van der Waals surface area contributed by atoms with Gasteiger partial charge >= 0.3 is 0 Å². The van der Waals surface area contributed by atoms with Crippen molar-refractivity contribution < 1.29 is 0 Å². The lowest BCUT2D eigenvalue weighted by atomic mass is 9.83. The van der Waals surface area contributed by atoms with Gasteiger partial charge in [0, 0.05) is 68.9 Å². The Morgan fingerprint density at radius 1 is 1.16 bits per heavy atom. The lowest BCUT2D eigenvalue weighted by molar-refractivity contribution is 0.274. The van der Waals surface area contributed by atoms with Gasteiger partial charge in [-0.1, -0.05) is 6.07 Å². The highest BCUT2D eigenvalue weighted by Gasteiger charge is 2.35. The first-order valence-electron chi connectivity index (χ1n) is 10.7. The van der Waals surface area contributed by atoms with Crippen molar-refractivity contribution in [2.24, 2.45) is 13.0 Å². The lowest BCUT2D eigenvalue weighted by Gasteiger charge is -2.43. The molecule has 0 radical (unpaired) electrons. The van der Waals surface area contributed by atoms with E-state index in [0.29, 0.717) is 30.7 Å². The minimum Gasteiger partial charge on any atom is -0.384 e. The standard InChI is InChI=1S/C22H28N8O/c1-27(13-21-24-5-6-28(21)2)11-16-3-4-18-17-7-15(10-30(18)22(16)31)9-29(12-17)20-8-19(23)25-14-26-20/h3-6,8,14-15,17H,7,9-13H2,1-2H3,(H2,23,25,26)/t15-,17+/m0/s1. The summed E-state index contributed by atoms with van der Waals surface area (Å²) < 4.78 is 4.02. The molecule has 2 atom stereocenters. The van der Waals surface area contributed by atoms with Gasteiger partial charge in [0.25, 0.3) is 5.56 Å². The third kappa shape index (κ3) is 3.81. The summed E-state index contributed by atoms with van der Waals surface area (Å²) in [6.07, 6.45) is 6.36. The van der Waals surface area contributed by atoms with Crippen molar-refractivity contribution in [3.63, 3.8) is 0 Å². The summed E-state index contributed by atoms with van der Waals surface area (Å²) in [5.74, 6) is 3.07. The largest absolute Gasteiger partial charge is 0.384 e. The smallest absolute Gasteiger partial charge is 0.255 e. The molecule has 2 N–H and O–H groups in total. The average molecular weight is 421 g/mol. The molecule has 2 aliphatic heterocycles. The fraction of sp³-hybridized carbons (Fsp3) is 0.455. The zero-order chi connectivity index (χ0) is 21.5. The van der Waals surface area contributed by atoms with Gasteiger partial charge in [0.2, 0.25) is 0 Å². The topological polar surface area (TPSA) is 98.1 Å². The lowest BCUT2D eigenvalue weighted by Crippen LogP contribution is -2.48. The molecule has 9 heteroatoms. The molecule has 0 aliphatic carbocycles. The van der Waals surface area contributed by atoms with Gasteiger partial charge in [-0.15, -0.1) is 0 Å². The number of piperidine rings is 1. The van der Waals surface area contributed by atoms with E-state index < -0.39 is 0 Å². The van der Waals surface area contributed by atoms with Crippen LogP contribution in [-0.2, 0) is 26.7 Å². The maximum absolute atomic E-state index is 13.3.